The Morgan fingerprint density at radius 1 is 1.50 bits per heavy atom. The molecule has 3 nitrogen and oxygen atoms in total. The van der Waals surface area contributed by atoms with E-state index < -0.39 is 0 Å². The minimum atomic E-state index is 0.530. The number of nitrogens with one attached hydrogen (secondary N) is 1. The Morgan fingerprint density at radius 2 is 2.22 bits per heavy atom. The molecule has 1 saturated carbocycles. The Morgan fingerprint density at radius 3 is 2.78 bits per heavy atom. The summed E-state index contributed by atoms with van der Waals surface area (Å²) < 4.78 is 1.95. The van der Waals surface area contributed by atoms with Crippen LogP contribution in [-0.4, -0.2) is 15.8 Å². The molecule has 3 heteroatoms. The van der Waals surface area contributed by atoms with E-state index in [4.69, 9.17) is 0 Å². The lowest BCUT2D eigenvalue weighted by Crippen LogP contribution is -2.41. The molecule has 1 N–H and O–H groups in total. The largest absolute Gasteiger partial charge is 0.310 e. The number of nitrogens with zero attached hydrogens (tertiary/aromatic N) is 2. The fraction of sp³-hybridized carbons (Fsp3) is 0.800. The predicted octanol–water partition coefficient (Wildman–Crippen LogP) is 3.03. The first-order valence-corrected chi connectivity index (χ1v) is 7.10. The molecule has 1 fully saturated rings. The Balaban J connectivity index is 1.89. The first kappa shape index (κ1) is 13.6. The van der Waals surface area contributed by atoms with Gasteiger partial charge < -0.3 is 5.32 Å². The van der Waals surface area contributed by atoms with E-state index in [0.717, 1.165) is 12.5 Å². The zero-order valence-corrected chi connectivity index (χ0v) is 12.5. The molecule has 1 aromatic heterocycles. The van der Waals surface area contributed by atoms with Crippen molar-refractivity contribution in [3.63, 3.8) is 0 Å². The van der Waals surface area contributed by atoms with E-state index in [1.165, 1.54) is 30.5 Å². The van der Waals surface area contributed by atoms with Crippen molar-refractivity contribution in [1.82, 2.24) is 15.1 Å². The molecule has 1 aromatic rings. The molecule has 0 aliphatic heterocycles. The van der Waals surface area contributed by atoms with Gasteiger partial charge in [0, 0.05) is 30.9 Å². The molecule has 0 radical (unpaired) electrons. The normalized spacial score (nSPS) is 27.4. The van der Waals surface area contributed by atoms with Crippen LogP contribution in [0.1, 0.15) is 51.3 Å². The number of hydrogen-bond acceptors (Lipinski definition) is 2. The maximum atomic E-state index is 4.30. The van der Waals surface area contributed by atoms with Crippen LogP contribution < -0.4 is 5.32 Å². The molecular weight excluding hydrogens is 222 g/mol. The van der Waals surface area contributed by atoms with Crippen LogP contribution in [0.3, 0.4) is 0 Å². The van der Waals surface area contributed by atoms with Gasteiger partial charge in [0.05, 0.1) is 6.20 Å². The summed E-state index contributed by atoms with van der Waals surface area (Å²) in [7, 11) is 2.00. The van der Waals surface area contributed by atoms with E-state index in [0.29, 0.717) is 11.5 Å². The highest BCUT2D eigenvalue weighted by Crippen LogP contribution is 2.38. The third kappa shape index (κ3) is 2.94. The van der Waals surface area contributed by atoms with Crippen molar-refractivity contribution in [2.45, 2.75) is 59.5 Å². The molecule has 2 rings (SSSR count). The van der Waals surface area contributed by atoms with Gasteiger partial charge in [-0.25, -0.2) is 0 Å². The highest BCUT2D eigenvalue weighted by Gasteiger charge is 2.31. The quantitative estimate of drug-likeness (QED) is 0.892. The van der Waals surface area contributed by atoms with Gasteiger partial charge in [0.2, 0.25) is 0 Å². The summed E-state index contributed by atoms with van der Waals surface area (Å²) in [5, 5.41) is 8.02. The van der Waals surface area contributed by atoms with E-state index in [1.807, 2.05) is 17.9 Å². The Labute approximate surface area is 111 Å². The van der Waals surface area contributed by atoms with Crippen LogP contribution in [0.5, 0.6) is 0 Å². The SMILES string of the molecule is Cc1c(CNC2CCC(C)(C)CC2C)cnn1C. The van der Waals surface area contributed by atoms with E-state index in [9.17, 15) is 0 Å². The Bertz CT molecular complexity index is 406. The molecule has 1 aliphatic carbocycles. The van der Waals surface area contributed by atoms with E-state index in [1.54, 1.807) is 0 Å². The average Bonchev–Trinajstić information content (AvgIpc) is 2.58. The van der Waals surface area contributed by atoms with Gasteiger partial charge in [-0.15, -0.1) is 0 Å². The second kappa shape index (κ2) is 5.04. The first-order chi connectivity index (χ1) is 8.39. The highest BCUT2D eigenvalue weighted by atomic mass is 15.3. The first-order valence-electron chi connectivity index (χ1n) is 7.10. The van der Waals surface area contributed by atoms with Gasteiger partial charge in [-0.3, -0.25) is 4.68 Å². The fourth-order valence-corrected chi connectivity index (χ4v) is 3.21. The lowest BCUT2D eigenvalue weighted by molar-refractivity contribution is 0.148. The van der Waals surface area contributed by atoms with E-state index in [-0.39, 0.29) is 0 Å². The Hall–Kier alpha value is -0.830. The van der Waals surface area contributed by atoms with Crippen LogP contribution in [0.4, 0.5) is 0 Å². The molecule has 0 amide bonds. The fourth-order valence-electron chi connectivity index (χ4n) is 3.21. The number of rotatable bonds is 3. The van der Waals surface area contributed by atoms with Gasteiger partial charge >= 0.3 is 0 Å². The van der Waals surface area contributed by atoms with Crippen LogP contribution in [-0.2, 0) is 13.6 Å². The van der Waals surface area contributed by atoms with Crippen molar-refractivity contribution in [2.24, 2.45) is 18.4 Å². The second-order valence-electron chi connectivity index (χ2n) is 6.75. The molecule has 1 heterocycles. The maximum Gasteiger partial charge on any atom is 0.0537 e. The average molecular weight is 249 g/mol. The van der Waals surface area contributed by atoms with Gasteiger partial charge in [0.25, 0.3) is 0 Å². The molecule has 0 saturated heterocycles. The molecule has 0 aromatic carbocycles. The smallest absolute Gasteiger partial charge is 0.0537 e. The van der Waals surface area contributed by atoms with Gasteiger partial charge in [-0.05, 0) is 37.5 Å². The van der Waals surface area contributed by atoms with E-state index in [2.05, 4.69) is 38.1 Å². The van der Waals surface area contributed by atoms with Gasteiger partial charge in [0.1, 0.15) is 0 Å². The standard InChI is InChI=1S/C15H27N3/c1-11-8-15(3,4)7-6-14(11)16-9-13-10-17-18(5)12(13)2/h10-11,14,16H,6-9H2,1-5H3. The summed E-state index contributed by atoms with van der Waals surface area (Å²) in [6.45, 7) is 10.3. The molecule has 1 aliphatic rings. The molecule has 2 unspecified atom stereocenters. The monoisotopic (exact) mass is 249 g/mol. The minimum Gasteiger partial charge on any atom is -0.310 e. The summed E-state index contributed by atoms with van der Waals surface area (Å²) in [4.78, 5) is 0. The third-order valence-electron chi connectivity index (χ3n) is 4.59. The summed E-state index contributed by atoms with van der Waals surface area (Å²) in [5.41, 5.74) is 3.13. The van der Waals surface area contributed by atoms with Crippen LogP contribution >= 0.6 is 0 Å². The summed E-state index contributed by atoms with van der Waals surface area (Å²) in [6.07, 6.45) is 5.95. The van der Waals surface area contributed by atoms with Crippen molar-refractivity contribution in [2.75, 3.05) is 0 Å². The molecular formula is C15H27N3. The predicted molar refractivity (Wildman–Crippen MR) is 75.4 cm³/mol. The van der Waals surface area contributed by atoms with Crippen LogP contribution in [0.25, 0.3) is 0 Å². The van der Waals surface area contributed by atoms with Crippen LogP contribution in [0, 0.1) is 18.3 Å². The van der Waals surface area contributed by atoms with Gasteiger partial charge in [0.15, 0.2) is 0 Å². The zero-order chi connectivity index (χ0) is 13.3. The van der Waals surface area contributed by atoms with Crippen molar-refractivity contribution < 1.29 is 0 Å². The summed E-state index contributed by atoms with van der Waals surface area (Å²) in [6, 6.07) is 0.664. The van der Waals surface area contributed by atoms with Crippen LogP contribution in [0.2, 0.25) is 0 Å². The van der Waals surface area contributed by atoms with Crippen molar-refractivity contribution >= 4 is 0 Å². The lowest BCUT2D eigenvalue weighted by atomic mass is 9.70. The molecule has 0 spiro atoms. The molecule has 18 heavy (non-hydrogen) atoms. The third-order valence-corrected chi connectivity index (χ3v) is 4.59. The van der Waals surface area contributed by atoms with Crippen molar-refractivity contribution in [3.8, 4) is 0 Å². The van der Waals surface area contributed by atoms with Crippen molar-refractivity contribution in [1.29, 1.82) is 0 Å². The second-order valence-corrected chi connectivity index (χ2v) is 6.75. The zero-order valence-electron chi connectivity index (χ0n) is 12.5. The Kier molecular flexibility index (Phi) is 3.81. The summed E-state index contributed by atoms with van der Waals surface area (Å²) >= 11 is 0. The van der Waals surface area contributed by atoms with Crippen molar-refractivity contribution in [3.05, 3.63) is 17.5 Å². The number of hydrogen-bond donors (Lipinski definition) is 1. The molecule has 2 atom stereocenters. The lowest BCUT2D eigenvalue weighted by Gasteiger charge is -2.39. The van der Waals surface area contributed by atoms with Gasteiger partial charge in [-0.2, -0.15) is 5.10 Å². The molecule has 102 valence electrons. The topological polar surface area (TPSA) is 29.9 Å². The molecule has 0 bridgehead atoms. The van der Waals surface area contributed by atoms with Crippen LogP contribution in [0.15, 0.2) is 6.20 Å². The highest BCUT2D eigenvalue weighted by molar-refractivity contribution is 5.15. The minimum absolute atomic E-state index is 0.530. The van der Waals surface area contributed by atoms with E-state index >= 15 is 0 Å². The summed E-state index contributed by atoms with van der Waals surface area (Å²) in [5.74, 6) is 0.769. The van der Waals surface area contributed by atoms with Gasteiger partial charge in [-0.1, -0.05) is 20.8 Å². The number of aromatic nitrogens is 2. The number of aryl methyl sites for hydroxylation is 1. The maximum absolute atomic E-state index is 4.30.